The van der Waals surface area contributed by atoms with Crippen molar-refractivity contribution in [3.63, 3.8) is 0 Å². The number of carbonyl (C=O) groups is 2. The van der Waals surface area contributed by atoms with E-state index in [9.17, 15) is 9.59 Å². The van der Waals surface area contributed by atoms with Crippen molar-refractivity contribution in [1.29, 1.82) is 5.41 Å². The van der Waals surface area contributed by atoms with E-state index in [0.29, 0.717) is 11.3 Å². The summed E-state index contributed by atoms with van der Waals surface area (Å²) in [7, 11) is 0. The van der Waals surface area contributed by atoms with E-state index in [0.717, 1.165) is 16.3 Å². The molecule has 142 valence electrons. The highest BCUT2D eigenvalue weighted by Crippen LogP contribution is 2.20. The number of amidine groups is 1. The number of carbonyl (C=O) groups excluding carboxylic acids is 2. The van der Waals surface area contributed by atoms with Gasteiger partial charge in [0.05, 0.1) is 6.04 Å². The molecule has 0 bridgehead atoms. The zero-order valence-electron chi connectivity index (χ0n) is 15.5. The maximum atomic E-state index is 12.2. The minimum atomic E-state index is -0.404. The fourth-order valence-electron chi connectivity index (χ4n) is 2.94. The Kier molecular flexibility index (Phi) is 5.69. The lowest BCUT2D eigenvalue weighted by atomic mass is 10.0. The number of hydrogen-bond donors (Lipinski definition) is 4. The number of rotatable bonds is 6. The highest BCUT2D eigenvalue weighted by atomic mass is 16.2. The predicted octanol–water partition coefficient (Wildman–Crippen LogP) is 3.33. The first-order chi connectivity index (χ1) is 13.4. The van der Waals surface area contributed by atoms with Crippen LogP contribution in [0.1, 0.15) is 30.5 Å². The number of amides is 2. The molecule has 0 aliphatic carbocycles. The predicted molar refractivity (Wildman–Crippen MR) is 111 cm³/mol. The second kappa shape index (κ2) is 8.35. The molecule has 0 fully saturated rings. The minimum Gasteiger partial charge on any atom is -0.384 e. The maximum Gasteiger partial charge on any atom is 0.233 e. The van der Waals surface area contributed by atoms with Gasteiger partial charge in [-0.05, 0) is 53.6 Å². The van der Waals surface area contributed by atoms with E-state index in [1.165, 1.54) is 0 Å². The molecule has 5 N–H and O–H groups in total. The SMILES string of the molecule is C[C@@H](NC(=O)CC(=O)Nc1ccc(C(=N)N)cc1)c1ccc2ccccc2c1. The Bertz CT molecular complexity index is 1030. The molecule has 6 heteroatoms. The number of benzene rings is 3. The van der Waals surface area contributed by atoms with Gasteiger partial charge in [-0.15, -0.1) is 0 Å². The zero-order valence-corrected chi connectivity index (χ0v) is 15.5. The third kappa shape index (κ3) is 4.73. The Morgan fingerprint density at radius 1 is 0.964 bits per heavy atom. The summed E-state index contributed by atoms with van der Waals surface area (Å²) in [6.45, 7) is 1.89. The Hall–Kier alpha value is -3.67. The highest BCUT2D eigenvalue weighted by molar-refractivity contribution is 6.04. The molecule has 3 rings (SSSR count). The number of nitrogen functional groups attached to an aromatic ring is 1. The Morgan fingerprint density at radius 2 is 1.64 bits per heavy atom. The first-order valence-electron chi connectivity index (χ1n) is 8.95. The smallest absolute Gasteiger partial charge is 0.233 e. The van der Waals surface area contributed by atoms with E-state index in [1.54, 1.807) is 24.3 Å². The number of nitrogens with two attached hydrogens (primary N) is 1. The molecule has 0 saturated heterocycles. The van der Waals surface area contributed by atoms with Gasteiger partial charge in [0.15, 0.2) is 0 Å². The summed E-state index contributed by atoms with van der Waals surface area (Å²) >= 11 is 0. The molecule has 28 heavy (non-hydrogen) atoms. The summed E-state index contributed by atoms with van der Waals surface area (Å²) in [5.41, 5.74) is 7.49. The quantitative estimate of drug-likeness (QED) is 0.302. The second-order valence-electron chi connectivity index (χ2n) is 6.61. The summed E-state index contributed by atoms with van der Waals surface area (Å²) < 4.78 is 0. The van der Waals surface area contributed by atoms with E-state index < -0.39 is 5.91 Å². The molecule has 0 unspecified atom stereocenters. The molecule has 6 nitrogen and oxygen atoms in total. The van der Waals surface area contributed by atoms with Crippen molar-refractivity contribution in [3.05, 3.63) is 77.9 Å². The molecular weight excluding hydrogens is 352 g/mol. The third-order valence-electron chi connectivity index (χ3n) is 4.45. The summed E-state index contributed by atoms with van der Waals surface area (Å²) in [6.07, 6.45) is -0.271. The molecule has 2 amide bonds. The van der Waals surface area contributed by atoms with E-state index >= 15 is 0 Å². The second-order valence-corrected chi connectivity index (χ2v) is 6.61. The van der Waals surface area contributed by atoms with Gasteiger partial charge in [0, 0.05) is 11.3 Å². The topological polar surface area (TPSA) is 108 Å². The van der Waals surface area contributed by atoms with Crippen LogP contribution in [-0.4, -0.2) is 17.6 Å². The molecule has 0 spiro atoms. The van der Waals surface area contributed by atoms with Gasteiger partial charge in [0.1, 0.15) is 12.3 Å². The Morgan fingerprint density at radius 3 is 2.32 bits per heavy atom. The number of hydrogen-bond acceptors (Lipinski definition) is 3. The van der Waals surface area contributed by atoms with Gasteiger partial charge in [-0.3, -0.25) is 15.0 Å². The number of anilines is 1. The van der Waals surface area contributed by atoms with Crippen LogP contribution in [0.25, 0.3) is 10.8 Å². The monoisotopic (exact) mass is 374 g/mol. The number of fused-ring (bicyclic) bond motifs is 1. The maximum absolute atomic E-state index is 12.2. The van der Waals surface area contributed by atoms with Crippen molar-refractivity contribution in [2.75, 3.05) is 5.32 Å². The molecule has 3 aromatic carbocycles. The standard InChI is InChI=1S/C22H22N4O2/c1-14(17-7-6-15-4-2-3-5-18(15)12-17)25-20(27)13-21(28)26-19-10-8-16(9-11-19)22(23)24/h2-12,14H,13H2,1H3,(H3,23,24)(H,25,27)(H,26,28)/t14-/m1/s1. The van der Waals surface area contributed by atoms with Crippen LogP contribution in [-0.2, 0) is 9.59 Å². The van der Waals surface area contributed by atoms with Crippen LogP contribution < -0.4 is 16.4 Å². The average molecular weight is 374 g/mol. The third-order valence-corrected chi connectivity index (χ3v) is 4.45. The van der Waals surface area contributed by atoms with Crippen molar-refractivity contribution in [3.8, 4) is 0 Å². The van der Waals surface area contributed by atoms with Crippen LogP contribution in [0, 0.1) is 5.41 Å². The molecule has 0 aliphatic heterocycles. The summed E-state index contributed by atoms with van der Waals surface area (Å²) in [6, 6.07) is 20.4. The fourth-order valence-corrected chi connectivity index (χ4v) is 2.94. The fraction of sp³-hybridized carbons (Fsp3) is 0.136. The van der Waals surface area contributed by atoms with Gasteiger partial charge in [-0.1, -0.05) is 36.4 Å². The van der Waals surface area contributed by atoms with E-state index in [4.69, 9.17) is 11.1 Å². The Balaban J connectivity index is 1.56. The van der Waals surface area contributed by atoms with Crippen molar-refractivity contribution in [1.82, 2.24) is 5.32 Å². The summed E-state index contributed by atoms with van der Waals surface area (Å²) in [5, 5.41) is 15.1. The van der Waals surface area contributed by atoms with Crippen molar-refractivity contribution in [2.24, 2.45) is 5.73 Å². The first kappa shape index (κ1) is 19.1. The van der Waals surface area contributed by atoms with Gasteiger partial charge >= 0.3 is 0 Å². The highest BCUT2D eigenvalue weighted by Gasteiger charge is 2.14. The van der Waals surface area contributed by atoms with Crippen LogP contribution >= 0.6 is 0 Å². The molecule has 0 heterocycles. The van der Waals surface area contributed by atoms with Crippen molar-refractivity contribution >= 4 is 34.1 Å². The lowest BCUT2D eigenvalue weighted by Crippen LogP contribution is -2.30. The summed E-state index contributed by atoms with van der Waals surface area (Å²) in [5.74, 6) is -0.794. The number of nitrogens with one attached hydrogen (secondary N) is 3. The molecule has 0 aliphatic rings. The molecule has 0 radical (unpaired) electrons. The van der Waals surface area contributed by atoms with Gasteiger partial charge in [-0.25, -0.2) is 0 Å². The van der Waals surface area contributed by atoms with Crippen LogP contribution in [0.4, 0.5) is 5.69 Å². The van der Waals surface area contributed by atoms with E-state index in [2.05, 4.69) is 10.6 Å². The molecular formula is C22H22N4O2. The molecule has 1 atom stereocenters. The first-order valence-corrected chi connectivity index (χ1v) is 8.95. The van der Waals surface area contributed by atoms with Gasteiger partial charge in [-0.2, -0.15) is 0 Å². The van der Waals surface area contributed by atoms with Gasteiger partial charge in [0.2, 0.25) is 11.8 Å². The summed E-state index contributed by atoms with van der Waals surface area (Å²) in [4.78, 5) is 24.3. The van der Waals surface area contributed by atoms with Crippen LogP contribution in [0.15, 0.2) is 66.7 Å². The van der Waals surface area contributed by atoms with Gasteiger partial charge in [0.25, 0.3) is 0 Å². The Labute approximate surface area is 163 Å². The lowest BCUT2D eigenvalue weighted by molar-refractivity contribution is -0.127. The van der Waals surface area contributed by atoms with E-state index in [1.807, 2.05) is 49.4 Å². The normalized spacial score (nSPS) is 11.6. The molecule has 0 saturated carbocycles. The molecule has 3 aromatic rings. The largest absolute Gasteiger partial charge is 0.384 e. The van der Waals surface area contributed by atoms with Gasteiger partial charge < -0.3 is 16.4 Å². The van der Waals surface area contributed by atoms with Crippen LogP contribution in [0.2, 0.25) is 0 Å². The van der Waals surface area contributed by atoms with Crippen LogP contribution in [0.3, 0.4) is 0 Å². The average Bonchev–Trinajstić information content (AvgIpc) is 2.67. The lowest BCUT2D eigenvalue weighted by Gasteiger charge is -2.15. The zero-order chi connectivity index (χ0) is 20.1. The van der Waals surface area contributed by atoms with Crippen molar-refractivity contribution in [2.45, 2.75) is 19.4 Å². The molecule has 0 aromatic heterocycles. The van der Waals surface area contributed by atoms with E-state index in [-0.39, 0.29) is 24.2 Å². The minimum absolute atomic E-state index is 0.0417. The van der Waals surface area contributed by atoms with Crippen molar-refractivity contribution < 1.29 is 9.59 Å². The van der Waals surface area contributed by atoms with Crippen LogP contribution in [0.5, 0.6) is 0 Å².